The molecule has 0 saturated carbocycles. The Balaban J connectivity index is 2.27. The Labute approximate surface area is 129 Å². The molecule has 0 N–H and O–H groups in total. The number of halogens is 1. The van der Waals surface area contributed by atoms with Gasteiger partial charge in [0.05, 0.1) is 12.3 Å². The second-order valence-electron chi connectivity index (χ2n) is 3.42. The molecule has 1 aromatic rings. The Morgan fingerprint density at radius 3 is 2.72 bits per heavy atom. The van der Waals surface area contributed by atoms with Crippen molar-refractivity contribution in [3.63, 3.8) is 0 Å². The third kappa shape index (κ3) is 2.86. The molecule has 0 radical (unpaired) electrons. The van der Waals surface area contributed by atoms with Crippen LogP contribution in [-0.4, -0.2) is 16.8 Å². The minimum atomic E-state index is -0.125. The first-order valence-corrected chi connectivity index (χ1v) is 7.57. The van der Waals surface area contributed by atoms with Crippen LogP contribution in [-0.2, 0) is 9.53 Å². The maximum absolute atomic E-state index is 12.2. The molecule has 1 aromatic carbocycles. The number of thioether (sulfide) groups is 1. The highest BCUT2D eigenvalue weighted by Gasteiger charge is 2.33. The van der Waals surface area contributed by atoms with Crippen LogP contribution in [0.5, 0.6) is 0 Å². The minimum Gasteiger partial charge on any atom is -0.500 e. The number of hydrogen-bond acceptors (Lipinski definition) is 4. The van der Waals surface area contributed by atoms with Crippen LogP contribution in [0.15, 0.2) is 35.4 Å². The number of rotatable bonds is 3. The van der Waals surface area contributed by atoms with Gasteiger partial charge >= 0.3 is 0 Å². The SMILES string of the molecule is CCO/C=C1/SC(=S)N(c2ccc(I)cc2)C1=O. The molecule has 1 saturated heterocycles. The molecule has 0 spiro atoms. The van der Waals surface area contributed by atoms with E-state index in [1.807, 2.05) is 31.2 Å². The van der Waals surface area contributed by atoms with Gasteiger partial charge < -0.3 is 4.74 Å². The van der Waals surface area contributed by atoms with Gasteiger partial charge in [0.2, 0.25) is 0 Å². The highest BCUT2D eigenvalue weighted by atomic mass is 127. The molecule has 1 heterocycles. The van der Waals surface area contributed by atoms with Crippen molar-refractivity contribution in [3.05, 3.63) is 39.0 Å². The van der Waals surface area contributed by atoms with Crippen LogP contribution in [0.1, 0.15) is 6.92 Å². The zero-order valence-electron chi connectivity index (χ0n) is 9.55. The minimum absolute atomic E-state index is 0.125. The van der Waals surface area contributed by atoms with Gasteiger partial charge in [0.25, 0.3) is 5.91 Å². The van der Waals surface area contributed by atoms with Crippen molar-refractivity contribution in [1.82, 2.24) is 0 Å². The molecule has 0 aliphatic carbocycles. The third-order valence-corrected chi connectivity index (χ3v) is 4.24. The van der Waals surface area contributed by atoms with Crippen LogP contribution in [0.3, 0.4) is 0 Å². The highest BCUT2D eigenvalue weighted by molar-refractivity contribution is 14.1. The van der Waals surface area contributed by atoms with E-state index in [0.29, 0.717) is 15.8 Å². The van der Waals surface area contributed by atoms with Gasteiger partial charge in [-0.05, 0) is 53.8 Å². The molecule has 2 rings (SSSR count). The number of carbonyl (C=O) groups excluding carboxylic acids is 1. The normalized spacial score (nSPS) is 17.7. The maximum Gasteiger partial charge on any atom is 0.273 e. The summed E-state index contributed by atoms with van der Waals surface area (Å²) in [4.78, 5) is 14.2. The summed E-state index contributed by atoms with van der Waals surface area (Å²) in [5.41, 5.74) is 0.790. The van der Waals surface area contributed by atoms with E-state index in [9.17, 15) is 4.79 Å². The number of hydrogen-bond donors (Lipinski definition) is 0. The lowest BCUT2D eigenvalue weighted by Gasteiger charge is -2.14. The summed E-state index contributed by atoms with van der Waals surface area (Å²) in [6.45, 7) is 2.41. The fourth-order valence-corrected chi connectivity index (χ4v) is 3.00. The number of anilines is 1. The zero-order valence-corrected chi connectivity index (χ0v) is 13.3. The number of benzene rings is 1. The molecular weight excluding hydrogens is 381 g/mol. The van der Waals surface area contributed by atoms with Gasteiger partial charge in [0.1, 0.15) is 11.2 Å². The van der Waals surface area contributed by atoms with E-state index in [-0.39, 0.29) is 5.91 Å². The molecule has 0 aromatic heterocycles. The molecule has 0 atom stereocenters. The summed E-state index contributed by atoms with van der Waals surface area (Å²) < 4.78 is 6.80. The summed E-state index contributed by atoms with van der Waals surface area (Å²) in [5, 5.41) is 0. The van der Waals surface area contributed by atoms with E-state index < -0.39 is 0 Å². The van der Waals surface area contributed by atoms with Crippen molar-refractivity contribution in [2.45, 2.75) is 6.92 Å². The Morgan fingerprint density at radius 1 is 1.44 bits per heavy atom. The van der Waals surface area contributed by atoms with Crippen molar-refractivity contribution in [3.8, 4) is 0 Å². The van der Waals surface area contributed by atoms with Crippen LogP contribution < -0.4 is 4.90 Å². The molecular formula is C12H10INO2S2. The van der Waals surface area contributed by atoms with Crippen LogP contribution in [0, 0.1) is 3.57 Å². The summed E-state index contributed by atoms with van der Waals surface area (Å²) in [6, 6.07) is 7.66. The molecule has 0 bridgehead atoms. The zero-order chi connectivity index (χ0) is 13.1. The largest absolute Gasteiger partial charge is 0.500 e. The Hall–Kier alpha value is -0.600. The fraction of sp³-hybridized carbons (Fsp3) is 0.167. The average Bonchev–Trinajstić information content (AvgIpc) is 2.63. The van der Waals surface area contributed by atoms with Gasteiger partial charge in [-0.15, -0.1) is 0 Å². The monoisotopic (exact) mass is 391 g/mol. The van der Waals surface area contributed by atoms with E-state index in [1.54, 1.807) is 0 Å². The van der Waals surface area contributed by atoms with Crippen molar-refractivity contribution >= 4 is 62.5 Å². The van der Waals surface area contributed by atoms with Gasteiger partial charge in [0.15, 0.2) is 4.32 Å². The molecule has 1 amide bonds. The van der Waals surface area contributed by atoms with E-state index in [0.717, 1.165) is 9.26 Å². The van der Waals surface area contributed by atoms with E-state index in [1.165, 1.54) is 22.9 Å². The maximum atomic E-state index is 12.2. The average molecular weight is 391 g/mol. The van der Waals surface area contributed by atoms with Crippen LogP contribution in [0.4, 0.5) is 5.69 Å². The quantitative estimate of drug-likeness (QED) is 0.341. The van der Waals surface area contributed by atoms with E-state index in [2.05, 4.69) is 22.6 Å². The van der Waals surface area contributed by atoms with Crippen molar-refractivity contribution in [2.75, 3.05) is 11.5 Å². The Morgan fingerprint density at radius 2 is 2.11 bits per heavy atom. The lowest BCUT2D eigenvalue weighted by molar-refractivity contribution is -0.113. The second kappa shape index (κ2) is 6.03. The van der Waals surface area contributed by atoms with Gasteiger partial charge in [-0.2, -0.15) is 0 Å². The molecule has 18 heavy (non-hydrogen) atoms. The third-order valence-electron chi connectivity index (χ3n) is 2.24. The van der Waals surface area contributed by atoms with Gasteiger partial charge in [-0.1, -0.05) is 24.0 Å². The van der Waals surface area contributed by atoms with E-state index in [4.69, 9.17) is 17.0 Å². The molecule has 6 heteroatoms. The first-order valence-electron chi connectivity index (χ1n) is 5.27. The standard InChI is InChI=1S/C12H10INO2S2/c1-2-16-7-10-11(15)14(12(17)18-10)9-5-3-8(13)4-6-9/h3-7H,2H2,1H3/b10-7+. The molecule has 94 valence electrons. The number of thiocarbonyl (C=S) groups is 1. The molecule has 1 aliphatic rings. The van der Waals surface area contributed by atoms with Gasteiger partial charge in [-0.25, -0.2) is 0 Å². The lowest BCUT2D eigenvalue weighted by atomic mass is 10.3. The van der Waals surface area contributed by atoms with Crippen molar-refractivity contribution in [2.24, 2.45) is 0 Å². The number of ether oxygens (including phenoxy) is 1. The number of nitrogens with zero attached hydrogens (tertiary/aromatic N) is 1. The molecule has 0 unspecified atom stereocenters. The summed E-state index contributed by atoms with van der Waals surface area (Å²) in [6.07, 6.45) is 1.48. The van der Waals surface area contributed by atoms with Gasteiger partial charge in [0, 0.05) is 3.57 Å². The first kappa shape index (κ1) is 13.8. The Kier molecular flexibility index (Phi) is 4.63. The van der Waals surface area contributed by atoms with Crippen LogP contribution in [0.2, 0.25) is 0 Å². The predicted molar refractivity (Wildman–Crippen MR) is 86.5 cm³/mol. The van der Waals surface area contributed by atoms with Crippen LogP contribution in [0.25, 0.3) is 0 Å². The second-order valence-corrected chi connectivity index (χ2v) is 6.34. The molecule has 1 fully saturated rings. The summed E-state index contributed by atoms with van der Waals surface area (Å²) in [7, 11) is 0. The first-order chi connectivity index (χ1) is 8.63. The smallest absolute Gasteiger partial charge is 0.273 e. The molecule has 3 nitrogen and oxygen atoms in total. The summed E-state index contributed by atoms with van der Waals surface area (Å²) in [5.74, 6) is -0.125. The molecule has 1 aliphatic heterocycles. The fourth-order valence-electron chi connectivity index (χ4n) is 1.42. The van der Waals surface area contributed by atoms with Crippen LogP contribution >= 0.6 is 46.6 Å². The highest BCUT2D eigenvalue weighted by Crippen LogP contribution is 2.34. The number of amides is 1. The topological polar surface area (TPSA) is 29.5 Å². The Bertz CT molecular complexity index is 513. The summed E-state index contributed by atoms with van der Waals surface area (Å²) >= 11 is 8.71. The van der Waals surface area contributed by atoms with Gasteiger partial charge in [-0.3, -0.25) is 9.69 Å². The van der Waals surface area contributed by atoms with E-state index >= 15 is 0 Å². The van der Waals surface area contributed by atoms with Crippen molar-refractivity contribution in [1.29, 1.82) is 0 Å². The lowest BCUT2D eigenvalue weighted by Crippen LogP contribution is -2.27. The predicted octanol–water partition coefficient (Wildman–Crippen LogP) is 3.53. The number of carbonyl (C=O) groups is 1. The van der Waals surface area contributed by atoms with Crippen molar-refractivity contribution < 1.29 is 9.53 Å².